The van der Waals surface area contributed by atoms with Gasteiger partial charge in [0.25, 0.3) is 0 Å². The van der Waals surface area contributed by atoms with Crippen molar-refractivity contribution >= 4 is 5.78 Å². The zero-order chi connectivity index (χ0) is 13.8. The summed E-state index contributed by atoms with van der Waals surface area (Å²) in [5.74, 6) is -1.60. The Labute approximate surface area is 102 Å². The zero-order valence-electron chi connectivity index (χ0n) is 9.68. The normalized spacial score (nSPS) is 11.6. The van der Waals surface area contributed by atoms with Crippen LogP contribution in [0.4, 0.5) is 17.6 Å². The third-order valence-corrected chi connectivity index (χ3v) is 2.34. The summed E-state index contributed by atoms with van der Waals surface area (Å²) in [5.41, 5.74) is -1.73. The number of carbonyl (C=O) groups excluding carboxylic acids is 1. The lowest BCUT2D eigenvalue weighted by Gasteiger charge is -2.12. The maximum Gasteiger partial charge on any atom is 0.417 e. The molecule has 0 aliphatic carbocycles. The molecule has 0 bridgehead atoms. The van der Waals surface area contributed by atoms with Crippen LogP contribution in [-0.4, -0.2) is 19.5 Å². The minimum Gasteiger partial charge on any atom is -0.385 e. The molecule has 0 atom stereocenters. The highest BCUT2D eigenvalue weighted by Gasteiger charge is 2.35. The minimum absolute atomic E-state index is 0.111. The topological polar surface area (TPSA) is 26.3 Å². The highest BCUT2D eigenvalue weighted by Crippen LogP contribution is 2.33. The maximum atomic E-state index is 12.9. The highest BCUT2D eigenvalue weighted by atomic mass is 19.4. The average molecular weight is 264 g/mol. The third-order valence-electron chi connectivity index (χ3n) is 2.34. The molecule has 1 aromatic carbocycles. The Morgan fingerprint density at radius 1 is 1.33 bits per heavy atom. The lowest BCUT2D eigenvalue weighted by atomic mass is 10.00. The molecule has 0 amide bonds. The number of ether oxygens (including phenoxy) is 1. The SMILES string of the molecule is COCCCC(=O)c1cc(F)ccc1C(F)(F)F. The average Bonchev–Trinajstić information content (AvgIpc) is 2.27. The summed E-state index contributed by atoms with van der Waals surface area (Å²) in [4.78, 5) is 11.6. The van der Waals surface area contributed by atoms with Gasteiger partial charge in [0.05, 0.1) is 5.56 Å². The van der Waals surface area contributed by atoms with E-state index in [1.807, 2.05) is 0 Å². The van der Waals surface area contributed by atoms with Crippen LogP contribution in [0.15, 0.2) is 18.2 Å². The summed E-state index contributed by atoms with van der Waals surface area (Å²) in [6, 6.07) is 1.89. The van der Waals surface area contributed by atoms with Crippen molar-refractivity contribution in [1.82, 2.24) is 0 Å². The molecular weight excluding hydrogens is 252 g/mol. The fourth-order valence-corrected chi connectivity index (χ4v) is 1.51. The van der Waals surface area contributed by atoms with E-state index in [-0.39, 0.29) is 13.0 Å². The van der Waals surface area contributed by atoms with Crippen LogP contribution in [0.25, 0.3) is 0 Å². The molecule has 0 saturated heterocycles. The number of halogens is 4. The summed E-state index contributed by atoms with van der Waals surface area (Å²) in [6.45, 7) is 0.266. The van der Waals surface area contributed by atoms with Gasteiger partial charge in [0, 0.05) is 25.7 Å². The van der Waals surface area contributed by atoms with Crippen LogP contribution in [-0.2, 0) is 10.9 Å². The van der Waals surface area contributed by atoms with Gasteiger partial charge in [0.2, 0.25) is 0 Å². The first-order chi connectivity index (χ1) is 8.36. The Morgan fingerprint density at radius 3 is 2.56 bits per heavy atom. The Kier molecular flexibility index (Phi) is 4.84. The van der Waals surface area contributed by atoms with Gasteiger partial charge in [-0.25, -0.2) is 4.39 Å². The first-order valence-corrected chi connectivity index (χ1v) is 5.25. The van der Waals surface area contributed by atoms with Crippen LogP contribution in [0.2, 0.25) is 0 Å². The summed E-state index contributed by atoms with van der Waals surface area (Å²) >= 11 is 0. The number of benzene rings is 1. The van der Waals surface area contributed by atoms with Crippen LogP contribution in [0.1, 0.15) is 28.8 Å². The van der Waals surface area contributed by atoms with Crippen LogP contribution >= 0.6 is 0 Å². The molecule has 1 rings (SSSR count). The fraction of sp³-hybridized carbons (Fsp3) is 0.417. The van der Waals surface area contributed by atoms with E-state index in [1.54, 1.807) is 0 Å². The smallest absolute Gasteiger partial charge is 0.385 e. The minimum atomic E-state index is -4.67. The Morgan fingerprint density at radius 2 is 2.00 bits per heavy atom. The maximum absolute atomic E-state index is 12.9. The van der Waals surface area contributed by atoms with Gasteiger partial charge in [-0.1, -0.05) is 0 Å². The number of carbonyl (C=O) groups is 1. The molecule has 0 heterocycles. The first-order valence-electron chi connectivity index (χ1n) is 5.25. The van der Waals surface area contributed by atoms with Crippen LogP contribution in [0.5, 0.6) is 0 Å². The van der Waals surface area contributed by atoms with Crippen molar-refractivity contribution in [3.8, 4) is 0 Å². The summed E-state index contributed by atoms with van der Waals surface area (Å²) < 4.78 is 55.5. The molecule has 0 radical (unpaired) electrons. The molecule has 2 nitrogen and oxygen atoms in total. The number of alkyl halides is 3. The van der Waals surface area contributed by atoms with E-state index < -0.39 is 28.9 Å². The monoisotopic (exact) mass is 264 g/mol. The predicted octanol–water partition coefficient (Wildman–Crippen LogP) is 3.45. The van der Waals surface area contributed by atoms with E-state index in [0.717, 1.165) is 0 Å². The molecule has 0 unspecified atom stereocenters. The second kappa shape index (κ2) is 5.95. The Bertz CT molecular complexity index is 427. The number of hydrogen-bond acceptors (Lipinski definition) is 2. The van der Waals surface area contributed by atoms with Crippen molar-refractivity contribution in [2.45, 2.75) is 19.0 Å². The molecule has 6 heteroatoms. The molecular formula is C12H12F4O2. The van der Waals surface area contributed by atoms with Gasteiger partial charge in [-0.05, 0) is 24.6 Å². The summed E-state index contributed by atoms with van der Waals surface area (Å²) in [7, 11) is 1.42. The molecule has 0 N–H and O–H groups in total. The van der Waals surface area contributed by atoms with E-state index in [9.17, 15) is 22.4 Å². The molecule has 1 aromatic rings. The number of methoxy groups -OCH3 is 1. The van der Waals surface area contributed by atoms with Gasteiger partial charge in [-0.2, -0.15) is 13.2 Å². The van der Waals surface area contributed by atoms with Gasteiger partial charge in [-0.3, -0.25) is 4.79 Å². The van der Waals surface area contributed by atoms with Crippen molar-refractivity contribution in [2.24, 2.45) is 0 Å². The molecule has 0 saturated carbocycles. The molecule has 0 spiro atoms. The van der Waals surface area contributed by atoms with Gasteiger partial charge in [0.15, 0.2) is 5.78 Å². The lowest BCUT2D eigenvalue weighted by Crippen LogP contribution is -2.14. The third kappa shape index (κ3) is 3.80. The Balaban J connectivity index is 2.98. The molecule has 0 aliphatic rings. The van der Waals surface area contributed by atoms with E-state index in [1.165, 1.54) is 7.11 Å². The van der Waals surface area contributed by atoms with E-state index in [0.29, 0.717) is 24.6 Å². The van der Waals surface area contributed by atoms with Crippen molar-refractivity contribution < 1.29 is 27.1 Å². The van der Waals surface area contributed by atoms with Crippen molar-refractivity contribution in [2.75, 3.05) is 13.7 Å². The number of hydrogen-bond donors (Lipinski definition) is 0. The first kappa shape index (κ1) is 14.6. The van der Waals surface area contributed by atoms with Gasteiger partial charge < -0.3 is 4.74 Å². The highest BCUT2D eigenvalue weighted by molar-refractivity contribution is 5.97. The summed E-state index contributed by atoms with van der Waals surface area (Å²) in [6.07, 6.45) is -4.48. The van der Waals surface area contributed by atoms with Gasteiger partial charge in [0.1, 0.15) is 5.82 Å². The van der Waals surface area contributed by atoms with Crippen molar-refractivity contribution in [3.63, 3.8) is 0 Å². The van der Waals surface area contributed by atoms with E-state index in [4.69, 9.17) is 4.74 Å². The van der Waals surface area contributed by atoms with Gasteiger partial charge >= 0.3 is 6.18 Å². The zero-order valence-corrected chi connectivity index (χ0v) is 9.68. The predicted molar refractivity (Wildman–Crippen MR) is 56.8 cm³/mol. The van der Waals surface area contributed by atoms with Gasteiger partial charge in [-0.15, -0.1) is 0 Å². The molecule has 0 fully saturated rings. The second-order valence-electron chi connectivity index (χ2n) is 3.71. The van der Waals surface area contributed by atoms with Crippen LogP contribution in [0, 0.1) is 5.82 Å². The fourth-order valence-electron chi connectivity index (χ4n) is 1.51. The van der Waals surface area contributed by atoms with E-state index >= 15 is 0 Å². The Hall–Kier alpha value is -1.43. The number of Topliss-reactive ketones (excluding diaryl/α,β-unsaturated/α-hetero) is 1. The van der Waals surface area contributed by atoms with Crippen molar-refractivity contribution in [1.29, 1.82) is 0 Å². The lowest BCUT2D eigenvalue weighted by molar-refractivity contribution is -0.137. The molecule has 0 aromatic heterocycles. The molecule has 100 valence electrons. The number of rotatable bonds is 5. The van der Waals surface area contributed by atoms with Crippen molar-refractivity contribution in [3.05, 3.63) is 35.1 Å². The standard InChI is InChI=1S/C12H12F4O2/c1-18-6-2-3-11(17)9-7-8(13)4-5-10(9)12(14,15)16/h4-5,7H,2-3,6H2,1H3. The van der Waals surface area contributed by atoms with Crippen LogP contribution in [0.3, 0.4) is 0 Å². The van der Waals surface area contributed by atoms with E-state index in [2.05, 4.69) is 0 Å². The molecule has 18 heavy (non-hydrogen) atoms. The largest absolute Gasteiger partial charge is 0.417 e. The molecule has 0 aliphatic heterocycles. The summed E-state index contributed by atoms with van der Waals surface area (Å²) in [5, 5.41) is 0. The van der Waals surface area contributed by atoms with Crippen LogP contribution < -0.4 is 0 Å². The number of ketones is 1. The second-order valence-corrected chi connectivity index (χ2v) is 3.71. The quantitative estimate of drug-likeness (QED) is 0.462.